The minimum Gasteiger partial charge on any atom is -0.465 e. The van der Waals surface area contributed by atoms with Crippen molar-refractivity contribution in [1.82, 2.24) is 19.6 Å². The molecule has 0 radical (unpaired) electrons. The van der Waals surface area contributed by atoms with Gasteiger partial charge in [0.15, 0.2) is 0 Å². The molecule has 0 bridgehead atoms. The van der Waals surface area contributed by atoms with Crippen LogP contribution in [0.2, 0.25) is 0 Å². The third-order valence-corrected chi connectivity index (χ3v) is 5.15. The van der Waals surface area contributed by atoms with Crippen LogP contribution < -0.4 is 4.31 Å². The molecule has 0 saturated heterocycles. The molecule has 10 heteroatoms. The highest BCUT2D eigenvalue weighted by Crippen LogP contribution is 2.26. The molecule has 1 aromatic carbocycles. The first-order chi connectivity index (χ1) is 12.0. The number of benzene rings is 1. The van der Waals surface area contributed by atoms with Gasteiger partial charge < -0.3 is 4.74 Å². The quantitative estimate of drug-likeness (QED) is 0.627. The highest BCUT2D eigenvalue weighted by atomic mass is 32.2. The fraction of sp³-hybridized carbons (Fsp3) is 0.200. The van der Waals surface area contributed by atoms with E-state index in [1.54, 1.807) is 31.3 Å². The number of sulfonamides is 1. The van der Waals surface area contributed by atoms with Crippen molar-refractivity contribution >= 4 is 27.5 Å². The third-order valence-electron chi connectivity index (χ3n) is 3.48. The lowest BCUT2D eigenvalue weighted by atomic mass is 10.2. The number of anilines is 1. The number of methoxy groups -OCH3 is 1. The molecule has 9 nitrogen and oxygen atoms in total. The van der Waals surface area contributed by atoms with Gasteiger partial charge in [-0.25, -0.2) is 14.3 Å². The van der Waals surface area contributed by atoms with E-state index in [1.807, 2.05) is 0 Å². The molecule has 3 aromatic rings. The Morgan fingerprint density at radius 1 is 1.28 bits per heavy atom. The summed E-state index contributed by atoms with van der Waals surface area (Å²) in [6, 6.07) is 7.91. The van der Waals surface area contributed by atoms with Gasteiger partial charge in [0.1, 0.15) is 0 Å². The highest BCUT2D eigenvalue weighted by Gasteiger charge is 2.31. The number of esters is 1. The summed E-state index contributed by atoms with van der Waals surface area (Å²) in [5.74, 6) is -0.466. The Labute approximate surface area is 143 Å². The number of fused-ring (bicyclic) bond motifs is 1. The maximum absolute atomic E-state index is 13.0. The lowest BCUT2D eigenvalue weighted by Gasteiger charge is -2.22. The molecule has 2 heterocycles. The van der Waals surface area contributed by atoms with E-state index < -0.39 is 21.1 Å². The Balaban J connectivity index is 2.13. The van der Waals surface area contributed by atoms with Crippen LogP contribution in [0.5, 0.6) is 0 Å². The third kappa shape index (κ3) is 2.91. The van der Waals surface area contributed by atoms with E-state index >= 15 is 0 Å². The van der Waals surface area contributed by atoms with Crippen molar-refractivity contribution in [2.24, 2.45) is 0 Å². The summed E-state index contributed by atoms with van der Waals surface area (Å²) < 4.78 is 33.1. The van der Waals surface area contributed by atoms with E-state index in [1.165, 1.54) is 30.0 Å². The van der Waals surface area contributed by atoms with Crippen LogP contribution in [0.3, 0.4) is 0 Å². The number of rotatable bonds is 5. The number of hydrogen-bond donors (Lipinski definition) is 0. The van der Waals surface area contributed by atoms with Crippen molar-refractivity contribution in [2.75, 3.05) is 18.0 Å². The minimum atomic E-state index is -4.09. The van der Waals surface area contributed by atoms with Gasteiger partial charge in [-0.15, -0.1) is 5.10 Å². The first-order valence-electron chi connectivity index (χ1n) is 7.36. The van der Waals surface area contributed by atoms with Gasteiger partial charge in [-0.05, 0) is 25.1 Å². The van der Waals surface area contributed by atoms with E-state index in [0.29, 0.717) is 0 Å². The van der Waals surface area contributed by atoms with Crippen molar-refractivity contribution in [3.05, 3.63) is 48.3 Å². The molecule has 130 valence electrons. The molecule has 0 amide bonds. The zero-order valence-electron chi connectivity index (χ0n) is 13.5. The van der Waals surface area contributed by atoms with Crippen LogP contribution in [0.15, 0.2) is 47.9 Å². The minimum absolute atomic E-state index is 0.0827. The van der Waals surface area contributed by atoms with Gasteiger partial charge in [0.25, 0.3) is 10.9 Å². The smallest absolute Gasteiger partial charge is 0.340 e. The summed E-state index contributed by atoms with van der Waals surface area (Å²) in [6.45, 7) is 1.74. The number of ether oxygens (including phenoxy) is 1. The Morgan fingerprint density at radius 3 is 2.72 bits per heavy atom. The fourth-order valence-corrected chi connectivity index (χ4v) is 3.71. The van der Waals surface area contributed by atoms with Gasteiger partial charge in [-0.3, -0.25) is 4.31 Å². The van der Waals surface area contributed by atoms with Crippen LogP contribution in [0.25, 0.3) is 5.78 Å². The number of nitrogens with zero attached hydrogens (tertiary/aromatic N) is 5. The predicted octanol–water partition coefficient (Wildman–Crippen LogP) is 1.13. The summed E-state index contributed by atoms with van der Waals surface area (Å²) >= 11 is 0. The van der Waals surface area contributed by atoms with Crippen LogP contribution in [0.1, 0.15) is 17.3 Å². The maximum atomic E-state index is 13.0. The van der Waals surface area contributed by atoms with Gasteiger partial charge in [-0.2, -0.15) is 13.4 Å². The van der Waals surface area contributed by atoms with Crippen LogP contribution in [0.4, 0.5) is 5.69 Å². The molecular weight excluding hydrogens is 346 g/mol. The largest absolute Gasteiger partial charge is 0.465 e. The van der Waals surface area contributed by atoms with Gasteiger partial charge in [-0.1, -0.05) is 12.1 Å². The van der Waals surface area contributed by atoms with Gasteiger partial charge in [0.05, 0.1) is 18.4 Å². The summed E-state index contributed by atoms with van der Waals surface area (Å²) in [6.07, 6.45) is 3.04. The molecule has 0 aliphatic carbocycles. The molecular formula is C15H15N5O4S. The summed E-state index contributed by atoms with van der Waals surface area (Å²) in [7, 11) is -2.85. The van der Waals surface area contributed by atoms with Crippen LogP contribution in [-0.4, -0.2) is 47.6 Å². The first kappa shape index (κ1) is 16.8. The average molecular weight is 361 g/mol. The van der Waals surface area contributed by atoms with Gasteiger partial charge in [0.2, 0.25) is 0 Å². The van der Waals surface area contributed by atoms with Crippen molar-refractivity contribution in [2.45, 2.75) is 12.1 Å². The molecule has 0 fully saturated rings. The van der Waals surface area contributed by atoms with E-state index in [4.69, 9.17) is 4.74 Å². The van der Waals surface area contributed by atoms with Crippen LogP contribution in [0, 0.1) is 0 Å². The predicted molar refractivity (Wildman–Crippen MR) is 88.8 cm³/mol. The Hall–Kier alpha value is -3.01. The summed E-state index contributed by atoms with van der Waals surface area (Å²) in [5, 5.41) is 3.58. The van der Waals surface area contributed by atoms with E-state index in [0.717, 1.165) is 4.31 Å². The van der Waals surface area contributed by atoms with E-state index in [2.05, 4.69) is 15.1 Å². The van der Waals surface area contributed by atoms with Crippen molar-refractivity contribution in [1.29, 1.82) is 0 Å². The average Bonchev–Trinajstić information content (AvgIpc) is 3.07. The summed E-state index contributed by atoms with van der Waals surface area (Å²) in [4.78, 5) is 19.9. The summed E-state index contributed by atoms with van der Waals surface area (Å²) in [5.41, 5.74) is 0.334. The standard InChI is InChI=1S/C15H15N5O4S/c1-3-20(12-8-5-4-7-11(12)13(21)24-2)25(22,23)15-17-14-16-9-6-10-19(14)18-15/h4-10H,3H2,1-2H3. The molecule has 25 heavy (non-hydrogen) atoms. The number of hydrogen-bond acceptors (Lipinski definition) is 7. The molecule has 0 saturated carbocycles. The van der Waals surface area contributed by atoms with Crippen molar-refractivity contribution in [3.8, 4) is 0 Å². The van der Waals surface area contributed by atoms with E-state index in [9.17, 15) is 13.2 Å². The molecule has 0 N–H and O–H groups in total. The maximum Gasteiger partial charge on any atom is 0.340 e. The number of aromatic nitrogens is 4. The van der Waals surface area contributed by atoms with Crippen molar-refractivity contribution < 1.29 is 17.9 Å². The molecule has 2 aromatic heterocycles. The second-order valence-electron chi connectivity index (χ2n) is 4.94. The number of carbonyl (C=O) groups is 1. The second kappa shape index (κ2) is 6.48. The Kier molecular flexibility index (Phi) is 4.36. The molecule has 0 atom stereocenters. The molecule has 0 unspecified atom stereocenters. The van der Waals surface area contributed by atoms with Crippen molar-refractivity contribution in [3.63, 3.8) is 0 Å². The fourth-order valence-electron chi connectivity index (χ4n) is 2.37. The molecule has 3 rings (SSSR count). The van der Waals surface area contributed by atoms with E-state index in [-0.39, 0.29) is 23.6 Å². The monoisotopic (exact) mass is 361 g/mol. The molecule has 0 aliphatic heterocycles. The van der Waals surface area contributed by atoms with Crippen LogP contribution in [-0.2, 0) is 14.8 Å². The van der Waals surface area contributed by atoms with Gasteiger partial charge in [0, 0.05) is 18.9 Å². The molecule has 0 aliphatic rings. The highest BCUT2D eigenvalue weighted by molar-refractivity contribution is 7.92. The topological polar surface area (TPSA) is 107 Å². The lowest BCUT2D eigenvalue weighted by Crippen LogP contribution is -2.33. The Morgan fingerprint density at radius 2 is 2.04 bits per heavy atom. The number of para-hydroxylation sites is 1. The molecule has 0 spiro atoms. The second-order valence-corrected chi connectivity index (χ2v) is 6.69. The van der Waals surface area contributed by atoms with Crippen LogP contribution >= 0.6 is 0 Å². The Bertz CT molecular complexity index is 998. The number of carbonyl (C=O) groups excluding carboxylic acids is 1. The SMILES string of the molecule is CCN(c1ccccc1C(=O)OC)S(=O)(=O)c1nc2ncccn2n1. The normalized spacial score (nSPS) is 11.4. The zero-order chi connectivity index (χ0) is 18.0. The zero-order valence-corrected chi connectivity index (χ0v) is 14.3. The lowest BCUT2D eigenvalue weighted by molar-refractivity contribution is 0.0601. The first-order valence-corrected chi connectivity index (χ1v) is 8.80. The van der Waals surface area contributed by atoms with Gasteiger partial charge >= 0.3 is 16.0 Å².